The van der Waals surface area contributed by atoms with Gasteiger partial charge >= 0.3 is 0 Å². The van der Waals surface area contributed by atoms with Crippen LogP contribution in [0.3, 0.4) is 0 Å². The fraction of sp³-hybridized carbons (Fsp3) is 0.429. The lowest BCUT2D eigenvalue weighted by molar-refractivity contribution is 0.537. The molecular weight excluding hydrogens is 435 g/mol. The van der Waals surface area contributed by atoms with Crippen molar-refractivity contribution in [2.45, 2.75) is 39.5 Å². The molecule has 2 aromatic rings. The lowest BCUT2D eigenvalue weighted by Crippen LogP contribution is -2.39. The van der Waals surface area contributed by atoms with Gasteiger partial charge in [-0.3, -0.25) is 9.98 Å². The molecular formula is C21H31IN4. The Hall–Kier alpha value is -1.63. The molecule has 0 saturated heterocycles. The van der Waals surface area contributed by atoms with Crippen molar-refractivity contribution in [1.29, 1.82) is 0 Å². The molecule has 0 aliphatic carbocycles. The second-order valence-corrected chi connectivity index (χ2v) is 6.95. The molecule has 0 bridgehead atoms. The zero-order valence-electron chi connectivity index (χ0n) is 16.2. The summed E-state index contributed by atoms with van der Waals surface area (Å²) in [5.41, 5.74) is 3.69. The van der Waals surface area contributed by atoms with Gasteiger partial charge in [-0.15, -0.1) is 24.0 Å². The largest absolute Gasteiger partial charge is 0.357 e. The number of benzene rings is 1. The Balaban J connectivity index is 0.00000338. The molecule has 5 heteroatoms. The molecule has 0 fully saturated rings. The SMILES string of the molecule is CCNC(=NCC(C)(C)c1cccc(C)c1)NCCc1ccccn1.I. The molecule has 0 aliphatic heterocycles. The molecule has 2 rings (SSSR count). The molecule has 1 heterocycles. The molecule has 0 unspecified atom stereocenters. The monoisotopic (exact) mass is 466 g/mol. The maximum atomic E-state index is 4.80. The van der Waals surface area contributed by atoms with Crippen molar-refractivity contribution in [3.05, 3.63) is 65.5 Å². The molecule has 142 valence electrons. The smallest absolute Gasteiger partial charge is 0.191 e. The van der Waals surface area contributed by atoms with Crippen LogP contribution >= 0.6 is 24.0 Å². The maximum Gasteiger partial charge on any atom is 0.191 e. The molecule has 1 aromatic heterocycles. The van der Waals surface area contributed by atoms with Crippen molar-refractivity contribution in [3.63, 3.8) is 0 Å². The number of aryl methyl sites for hydroxylation is 1. The predicted octanol–water partition coefficient (Wildman–Crippen LogP) is 4.08. The van der Waals surface area contributed by atoms with Gasteiger partial charge in [0.25, 0.3) is 0 Å². The molecule has 0 spiro atoms. The highest BCUT2D eigenvalue weighted by molar-refractivity contribution is 14.0. The van der Waals surface area contributed by atoms with Gasteiger partial charge in [0.1, 0.15) is 0 Å². The molecule has 26 heavy (non-hydrogen) atoms. The van der Waals surface area contributed by atoms with Gasteiger partial charge < -0.3 is 10.6 Å². The molecule has 0 saturated carbocycles. The van der Waals surface area contributed by atoms with Crippen LogP contribution < -0.4 is 10.6 Å². The summed E-state index contributed by atoms with van der Waals surface area (Å²) in [7, 11) is 0. The van der Waals surface area contributed by atoms with Gasteiger partial charge in [0.2, 0.25) is 0 Å². The fourth-order valence-corrected chi connectivity index (χ4v) is 2.63. The summed E-state index contributed by atoms with van der Waals surface area (Å²) in [6, 6.07) is 14.7. The van der Waals surface area contributed by atoms with Gasteiger partial charge in [0.05, 0.1) is 6.54 Å². The lowest BCUT2D eigenvalue weighted by atomic mass is 9.84. The summed E-state index contributed by atoms with van der Waals surface area (Å²) >= 11 is 0. The third-order valence-electron chi connectivity index (χ3n) is 4.18. The van der Waals surface area contributed by atoms with E-state index < -0.39 is 0 Å². The number of rotatable bonds is 7. The number of hydrogen-bond donors (Lipinski definition) is 2. The lowest BCUT2D eigenvalue weighted by Gasteiger charge is -2.24. The molecule has 4 nitrogen and oxygen atoms in total. The first-order valence-corrected chi connectivity index (χ1v) is 9.00. The minimum atomic E-state index is -0.00461. The van der Waals surface area contributed by atoms with Crippen LogP contribution in [0.1, 0.15) is 37.6 Å². The second kappa shape index (κ2) is 11.2. The van der Waals surface area contributed by atoms with Crippen molar-refractivity contribution in [3.8, 4) is 0 Å². The zero-order valence-corrected chi connectivity index (χ0v) is 18.6. The first kappa shape index (κ1) is 22.4. The van der Waals surface area contributed by atoms with Crippen LogP contribution in [0, 0.1) is 6.92 Å². The van der Waals surface area contributed by atoms with E-state index in [1.165, 1.54) is 11.1 Å². The molecule has 2 N–H and O–H groups in total. The third-order valence-corrected chi connectivity index (χ3v) is 4.18. The van der Waals surface area contributed by atoms with E-state index in [9.17, 15) is 0 Å². The van der Waals surface area contributed by atoms with Gasteiger partial charge in [-0.25, -0.2) is 0 Å². The van der Waals surface area contributed by atoms with E-state index in [-0.39, 0.29) is 29.4 Å². The maximum absolute atomic E-state index is 4.80. The van der Waals surface area contributed by atoms with Crippen LogP contribution in [-0.4, -0.2) is 30.6 Å². The fourth-order valence-electron chi connectivity index (χ4n) is 2.63. The molecule has 0 aliphatic rings. The summed E-state index contributed by atoms with van der Waals surface area (Å²) in [5, 5.41) is 6.73. The van der Waals surface area contributed by atoms with E-state index >= 15 is 0 Å². The molecule has 0 atom stereocenters. The van der Waals surface area contributed by atoms with Crippen LogP contribution in [0.15, 0.2) is 53.7 Å². The summed E-state index contributed by atoms with van der Waals surface area (Å²) in [6.07, 6.45) is 2.71. The van der Waals surface area contributed by atoms with Gasteiger partial charge in [-0.2, -0.15) is 0 Å². The van der Waals surface area contributed by atoms with Gasteiger partial charge in [-0.1, -0.05) is 49.7 Å². The van der Waals surface area contributed by atoms with Gasteiger partial charge in [0, 0.05) is 36.8 Å². The number of hydrogen-bond acceptors (Lipinski definition) is 2. The van der Waals surface area contributed by atoms with E-state index in [4.69, 9.17) is 4.99 Å². The summed E-state index contributed by atoms with van der Waals surface area (Å²) in [5.74, 6) is 0.860. The average Bonchev–Trinajstić information content (AvgIpc) is 2.61. The average molecular weight is 466 g/mol. The van der Waals surface area contributed by atoms with Crippen LogP contribution in [0.2, 0.25) is 0 Å². The van der Waals surface area contributed by atoms with Crippen LogP contribution in [0.4, 0.5) is 0 Å². The van der Waals surface area contributed by atoms with E-state index in [0.29, 0.717) is 0 Å². The highest BCUT2D eigenvalue weighted by Gasteiger charge is 2.20. The second-order valence-electron chi connectivity index (χ2n) is 6.95. The topological polar surface area (TPSA) is 49.3 Å². The Morgan fingerprint density at radius 3 is 2.58 bits per heavy atom. The zero-order chi connectivity index (χ0) is 18.1. The number of nitrogens with zero attached hydrogens (tertiary/aromatic N) is 2. The number of pyridine rings is 1. The minimum absolute atomic E-state index is 0. The summed E-state index contributed by atoms with van der Waals surface area (Å²) in [6.45, 7) is 11.1. The Labute approximate surface area is 174 Å². The number of guanidine groups is 1. The first-order valence-electron chi connectivity index (χ1n) is 9.00. The number of aromatic nitrogens is 1. The van der Waals surface area contributed by atoms with E-state index in [2.05, 4.69) is 67.6 Å². The van der Waals surface area contributed by atoms with Crippen molar-refractivity contribution >= 4 is 29.9 Å². The van der Waals surface area contributed by atoms with Crippen molar-refractivity contribution in [1.82, 2.24) is 15.6 Å². The highest BCUT2D eigenvalue weighted by Crippen LogP contribution is 2.24. The first-order chi connectivity index (χ1) is 12.0. The highest BCUT2D eigenvalue weighted by atomic mass is 127. The van der Waals surface area contributed by atoms with Crippen molar-refractivity contribution < 1.29 is 0 Å². The summed E-state index contributed by atoms with van der Waals surface area (Å²) in [4.78, 5) is 9.15. The number of halogens is 1. The van der Waals surface area contributed by atoms with Gasteiger partial charge in [0.15, 0.2) is 5.96 Å². The standard InChI is InChI=1S/C21H30N4.HI/c1-5-22-20(24-14-12-19-11-6-7-13-23-19)25-16-21(3,4)18-10-8-9-17(2)15-18;/h6-11,13,15H,5,12,14,16H2,1-4H3,(H2,22,24,25);1H. The number of aliphatic imine (C=N–C) groups is 1. The predicted molar refractivity (Wildman–Crippen MR) is 122 cm³/mol. The van der Waals surface area contributed by atoms with Crippen LogP contribution in [-0.2, 0) is 11.8 Å². The number of nitrogens with one attached hydrogen (secondary N) is 2. The van der Waals surface area contributed by atoms with Crippen LogP contribution in [0.5, 0.6) is 0 Å². The molecule has 1 aromatic carbocycles. The Morgan fingerprint density at radius 2 is 1.92 bits per heavy atom. The minimum Gasteiger partial charge on any atom is -0.357 e. The van der Waals surface area contributed by atoms with Crippen molar-refractivity contribution in [2.75, 3.05) is 19.6 Å². The Morgan fingerprint density at radius 1 is 1.12 bits per heavy atom. The van der Waals surface area contributed by atoms with Crippen molar-refractivity contribution in [2.24, 2.45) is 4.99 Å². The summed E-state index contributed by atoms with van der Waals surface area (Å²) < 4.78 is 0. The quantitative estimate of drug-likeness (QED) is 0.367. The van der Waals surface area contributed by atoms with Gasteiger partial charge in [-0.05, 0) is 31.5 Å². The normalized spacial score (nSPS) is 11.6. The van der Waals surface area contributed by atoms with Crippen LogP contribution in [0.25, 0.3) is 0 Å². The van der Waals surface area contributed by atoms with E-state index in [1.54, 1.807) is 0 Å². The third kappa shape index (κ3) is 7.32. The molecule has 0 radical (unpaired) electrons. The Kier molecular flexibility index (Phi) is 9.62. The van der Waals surface area contributed by atoms with E-state index in [1.807, 2.05) is 24.4 Å². The molecule has 0 amide bonds. The van der Waals surface area contributed by atoms with E-state index in [0.717, 1.165) is 37.7 Å². The Bertz CT molecular complexity index is 683.